The smallest absolute Gasteiger partial charge is 0.126 e. The van der Waals surface area contributed by atoms with Crippen LogP contribution in [-0.2, 0) is 203 Å². The molecule has 8 heteroatoms. The van der Waals surface area contributed by atoms with E-state index in [4.69, 9.17) is 0 Å². The van der Waals surface area contributed by atoms with Crippen LogP contribution in [0.5, 0.6) is 0 Å². The van der Waals surface area contributed by atoms with Gasteiger partial charge in [0.25, 0.3) is 0 Å². The fraction of sp³-hybridized carbons (Fsp3) is 0.188. The summed E-state index contributed by atoms with van der Waals surface area (Å²) in [6.07, 6.45) is 8.30. The van der Waals surface area contributed by atoms with Crippen molar-refractivity contribution in [2.45, 2.75) is 6.42 Å². The summed E-state index contributed by atoms with van der Waals surface area (Å²) in [4.78, 5) is 0. The van der Waals surface area contributed by atoms with E-state index in [1.54, 1.807) is 0 Å². The van der Waals surface area contributed by atoms with Crippen LogP contribution < -0.4 is 0 Å². The molecule has 0 aliphatic carbocycles. The molecule has 0 unspecified atom stereocenters. The molecular formula is C16H13N2Y6-3. The molecule has 108 valence electrons. The second-order valence-electron chi connectivity index (χ2n) is 4.31. The van der Waals surface area contributed by atoms with E-state index in [2.05, 4.69) is 35.1 Å². The summed E-state index contributed by atoms with van der Waals surface area (Å²) >= 11 is 0. The Bertz CT molecular complexity index is 664. The number of hydrogen-bond acceptors (Lipinski definition) is 0. The Labute approximate surface area is 296 Å². The van der Waals surface area contributed by atoms with Gasteiger partial charge in [0.15, 0.2) is 0 Å². The fourth-order valence-corrected chi connectivity index (χ4v) is 2.18. The molecule has 1 aliphatic heterocycles. The zero-order valence-corrected chi connectivity index (χ0v) is 31.0. The van der Waals surface area contributed by atoms with Crippen molar-refractivity contribution in [3.63, 3.8) is 0 Å². The van der Waals surface area contributed by atoms with E-state index in [0.29, 0.717) is 0 Å². The molecule has 0 atom stereocenters. The second-order valence-corrected chi connectivity index (χ2v) is 4.31. The topological polar surface area (TPSA) is 7.94 Å². The van der Waals surface area contributed by atoms with E-state index in [0.717, 1.165) is 28.9 Å². The molecule has 6 radical (unpaired) electrons. The van der Waals surface area contributed by atoms with Gasteiger partial charge in [0.05, 0.1) is 0 Å². The average molecular weight is 767 g/mol. The molecular weight excluding hydrogens is 754 g/mol. The summed E-state index contributed by atoms with van der Waals surface area (Å²) in [6.45, 7) is 0. The number of aryl methyl sites for hydroxylation is 1. The first-order valence-corrected chi connectivity index (χ1v) is 5.90. The number of allylic oxidation sites excluding steroid dienone is 1. The molecule has 2 nitrogen and oxygen atoms in total. The Hall–Kier alpha value is 4.53. The van der Waals surface area contributed by atoms with Crippen LogP contribution in [0.1, 0.15) is 12.0 Å². The maximum absolute atomic E-state index is 3.36. The van der Waals surface area contributed by atoms with Gasteiger partial charge < -0.3 is 4.57 Å². The Balaban J connectivity index is -0.000000333. The number of nitrogens with zero attached hydrogens (tertiary/aromatic N) is 2. The summed E-state index contributed by atoms with van der Waals surface area (Å²) < 4.78 is 4.13. The van der Waals surface area contributed by atoms with Crippen LogP contribution >= 0.6 is 0 Å². The van der Waals surface area contributed by atoms with Crippen molar-refractivity contribution >= 4 is 11.9 Å². The summed E-state index contributed by atoms with van der Waals surface area (Å²) in [7, 11) is 4.05. The Morgan fingerprint density at radius 3 is 1.92 bits per heavy atom. The molecule has 2 aromatic rings. The van der Waals surface area contributed by atoms with Crippen molar-refractivity contribution in [2.24, 2.45) is 7.05 Å². The van der Waals surface area contributed by atoms with Gasteiger partial charge >= 0.3 is 0 Å². The summed E-state index contributed by atoms with van der Waals surface area (Å²) in [5, 5.41) is 0. The fourth-order valence-electron chi connectivity index (χ4n) is 2.18. The van der Waals surface area contributed by atoms with Gasteiger partial charge in [0, 0.05) is 196 Å². The minimum absolute atomic E-state index is 0. The molecule has 0 N–H and O–H groups in total. The Kier molecular flexibility index (Phi) is 27.4. The third kappa shape index (κ3) is 9.13. The zero-order chi connectivity index (χ0) is 12.5. The maximum atomic E-state index is 3.36. The molecule has 1 aromatic heterocycles. The van der Waals surface area contributed by atoms with Gasteiger partial charge in [-0.1, -0.05) is 0 Å². The van der Waals surface area contributed by atoms with Crippen LogP contribution in [0.3, 0.4) is 0 Å². The summed E-state index contributed by atoms with van der Waals surface area (Å²) in [5.41, 5.74) is 4.15. The zero-order valence-electron chi connectivity index (χ0n) is 14.0. The van der Waals surface area contributed by atoms with Crippen molar-refractivity contribution in [2.75, 3.05) is 7.05 Å². The van der Waals surface area contributed by atoms with Crippen molar-refractivity contribution in [1.29, 1.82) is 0 Å². The molecule has 0 spiro atoms. The maximum Gasteiger partial charge on any atom is 0.126 e. The summed E-state index contributed by atoms with van der Waals surface area (Å²) in [5.74, 6) is 0. The van der Waals surface area contributed by atoms with E-state index in [-0.39, 0.29) is 196 Å². The molecule has 1 aliphatic rings. The minimum atomic E-state index is 0. The molecule has 24 heavy (non-hydrogen) atoms. The van der Waals surface area contributed by atoms with Crippen LogP contribution in [-0.4, -0.2) is 22.4 Å². The van der Waals surface area contributed by atoms with E-state index >= 15 is 0 Å². The van der Waals surface area contributed by atoms with Gasteiger partial charge in [-0.2, -0.15) is 11.8 Å². The number of benzene rings is 1. The number of aromatic nitrogens is 1. The van der Waals surface area contributed by atoms with Crippen LogP contribution in [0.15, 0.2) is 24.4 Å². The third-order valence-corrected chi connectivity index (χ3v) is 3.12. The first-order valence-electron chi connectivity index (χ1n) is 5.90. The standard InChI is InChI=1S/C16H13N2.6Y/c1-17-11-5-9-15(17)13-7-3-4-8-14(13)16-10-6-12-18(16)2;;;;;;/h3-5,11-12H,6H2,1-2H3;;;;;;/q-3;;;;;;. The largest absolute Gasteiger partial charge is 0.462 e. The van der Waals surface area contributed by atoms with E-state index in [1.807, 2.05) is 43.1 Å². The van der Waals surface area contributed by atoms with Gasteiger partial charge in [0.2, 0.25) is 0 Å². The molecule has 2 heterocycles. The van der Waals surface area contributed by atoms with Gasteiger partial charge in [-0.15, -0.1) is 6.20 Å². The van der Waals surface area contributed by atoms with E-state index in [1.165, 1.54) is 0 Å². The van der Waals surface area contributed by atoms with Gasteiger partial charge in [0.1, 0.15) is 13.3 Å². The SMILES string of the molecule is Cn1cc[c-]c1-c1[c-]cc[c-]c1C1=[C-]CC=[N+]1C.[Y].[Y].[Y].[Y].[Y].[Y]. The molecule has 3 rings (SSSR count). The van der Waals surface area contributed by atoms with Gasteiger partial charge in [-0.05, 0) is 19.2 Å². The normalized spacial score (nSPS) is 10.9. The third-order valence-electron chi connectivity index (χ3n) is 3.12. The predicted octanol–water partition coefficient (Wildman–Crippen LogP) is 2.34. The van der Waals surface area contributed by atoms with Crippen LogP contribution in [0, 0.1) is 24.3 Å². The van der Waals surface area contributed by atoms with Gasteiger partial charge in [-0.25, -0.2) is 24.3 Å². The minimum Gasteiger partial charge on any atom is -0.462 e. The second kappa shape index (κ2) is 18.3. The molecule has 0 bridgehead atoms. The first kappa shape index (κ1) is 35.9. The van der Waals surface area contributed by atoms with E-state index < -0.39 is 0 Å². The molecule has 0 saturated heterocycles. The predicted molar refractivity (Wildman–Crippen MR) is 70.9 cm³/mol. The Morgan fingerprint density at radius 2 is 1.46 bits per heavy atom. The quantitative estimate of drug-likeness (QED) is 0.328. The average Bonchev–Trinajstić information content (AvgIpc) is 2.98. The molecule has 0 fully saturated rings. The summed E-state index contributed by atoms with van der Waals surface area (Å²) in [6, 6.07) is 15.5. The van der Waals surface area contributed by atoms with E-state index in [9.17, 15) is 0 Å². The molecule has 0 saturated carbocycles. The van der Waals surface area contributed by atoms with Gasteiger partial charge in [-0.3, -0.25) is 27.8 Å². The van der Waals surface area contributed by atoms with Crippen molar-refractivity contribution in [1.82, 2.24) is 4.57 Å². The molecule has 0 amide bonds. The van der Waals surface area contributed by atoms with Crippen LogP contribution in [0.25, 0.3) is 17.0 Å². The molecule has 1 aromatic carbocycles. The first-order chi connectivity index (χ1) is 8.77. The van der Waals surface area contributed by atoms with Crippen LogP contribution in [0.4, 0.5) is 0 Å². The number of hydrogen-bond donors (Lipinski definition) is 0. The Morgan fingerprint density at radius 1 is 0.875 bits per heavy atom. The van der Waals surface area contributed by atoms with Crippen molar-refractivity contribution < 1.29 is 201 Å². The van der Waals surface area contributed by atoms with Crippen molar-refractivity contribution in [3.8, 4) is 11.3 Å². The van der Waals surface area contributed by atoms with Crippen molar-refractivity contribution in [3.05, 3.63) is 54.2 Å². The van der Waals surface area contributed by atoms with Crippen LogP contribution in [0.2, 0.25) is 0 Å². The number of rotatable bonds is 2. The monoisotopic (exact) mass is 767 g/mol.